The number of nitrogens with one attached hydrogen (secondary N) is 1. The second-order valence-corrected chi connectivity index (χ2v) is 3.32. The Kier molecular flexibility index (Phi) is 3.79. The molecule has 5 nitrogen and oxygen atoms in total. The number of nitrogens with zero attached hydrogens (tertiary/aromatic N) is 1. The first kappa shape index (κ1) is 11.2. The maximum absolute atomic E-state index is 10.5. The van der Waals surface area contributed by atoms with Gasteiger partial charge >= 0.3 is 0 Å². The van der Waals surface area contributed by atoms with Crippen LogP contribution in [0.3, 0.4) is 0 Å². The van der Waals surface area contributed by atoms with Crippen LogP contribution < -0.4 is 5.32 Å². The summed E-state index contributed by atoms with van der Waals surface area (Å²) >= 11 is 0. The van der Waals surface area contributed by atoms with Gasteiger partial charge in [0.1, 0.15) is 0 Å². The predicted octanol–water partition coefficient (Wildman–Crippen LogP) is 1.27. The summed E-state index contributed by atoms with van der Waals surface area (Å²) < 4.78 is 0. The lowest BCUT2D eigenvalue weighted by Crippen LogP contribution is -2.26. The van der Waals surface area contributed by atoms with Crippen molar-refractivity contribution < 1.29 is 9.72 Å². The normalized spacial score (nSPS) is 11.8. The Morgan fingerprint density at radius 1 is 1.60 bits per heavy atom. The number of nitro groups is 1. The van der Waals surface area contributed by atoms with Crippen molar-refractivity contribution in [3.05, 3.63) is 39.9 Å². The van der Waals surface area contributed by atoms with E-state index in [-0.39, 0.29) is 11.7 Å². The van der Waals surface area contributed by atoms with Crippen LogP contribution in [0.4, 0.5) is 5.69 Å². The van der Waals surface area contributed by atoms with E-state index in [2.05, 4.69) is 5.32 Å². The van der Waals surface area contributed by atoms with Crippen LogP contribution in [-0.2, 0) is 11.2 Å². The number of rotatable bonds is 5. The van der Waals surface area contributed by atoms with E-state index < -0.39 is 4.92 Å². The summed E-state index contributed by atoms with van der Waals surface area (Å²) in [7, 11) is 0. The first-order valence-corrected chi connectivity index (χ1v) is 4.56. The first-order chi connectivity index (χ1) is 7.13. The highest BCUT2D eigenvalue weighted by Crippen LogP contribution is 2.14. The van der Waals surface area contributed by atoms with Gasteiger partial charge < -0.3 is 5.32 Å². The Labute approximate surface area is 87.3 Å². The Balaban J connectivity index is 2.73. The van der Waals surface area contributed by atoms with Crippen LogP contribution >= 0.6 is 0 Å². The fourth-order valence-electron chi connectivity index (χ4n) is 1.33. The van der Waals surface area contributed by atoms with E-state index in [4.69, 9.17) is 0 Å². The summed E-state index contributed by atoms with van der Waals surface area (Å²) in [5.74, 6) is 0. The van der Waals surface area contributed by atoms with E-state index in [1.807, 2.05) is 6.92 Å². The zero-order valence-electron chi connectivity index (χ0n) is 8.34. The fourth-order valence-corrected chi connectivity index (χ4v) is 1.33. The third kappa shape index (κ3) is 3.38. The number of hydrogen-bond donors (Lipinski definition) is 1. The SMILES string of the molecule is CC(Cc1cccc([N+](=O)[O-])c1)NC=O. The van der Waals surface area contributed by atoms with Gasteiger partial charge in [0, 0.05) is 18.2 Å². The van der Waals surface area contributed by atoms with Crippen molar-refractivity contribution in [3.8, 4) is 0 Å². The molecule has 0 aliphatic carbocycles. The van der Waals surface area contributed by atoms with E-state index in [0.29, 0.717) is 12.8 Å². The summed E-state index contributed by atoms with van der Waals surface area (Å²) in [6.07, 6.45) is 1.21. The largest absolute Gasteiger partial charge is 0.356 e. The predicted molar refractivity (Wildman–Crippen MR) is 55.5 cm³/mol. The third-order valence-corrected chi connectivity index (χ3v) is 2.02. The number of carbonyl (C=O) groups is 1. The molecular weight excluding hydrogens is 196 g/mol. The zero-order chi connectivity index (χ0) is 11.3. The van der Waals surface area contributed by atoms with Crippen molar-refractivity contribution in [3.63, 3.8) is 0 Å². The molecule has 0 saturated heterocycles. The molecule has 1 N–H and O–H groups in total. The Morgan fingerprint density at radius 3 is 2.93 bits per heavy atom. The maximum atomic E-state index is 10.5. The molecule has 0 spiro atoms. The van der Waals surface area contributed by atoms with E-state index in [1.54, 1.807) is 12.1 Å². The topological polar surface area (TPSA) is 72.2 Å². The minimum absolute atomic E-state index is 0.0236. The molecule has 0 bridgehead atoms. The minimum atomic E-state index is -0.429. The molecule has 0 saturated carbocycles. The fraction of sp³-hybridized carbons (Fsp3) is 0.300. The molecule has 1 unspecified atom stereocenters. The van der Waals surface area contributed by atoms with Crippen molar-refractivity contribution in [1.82, 2.24) is 5.32 Å². The molecule has 1 atom stereocenters. The Bertz CT molecular complexity index is 365. The van der Waals surface area contributed by atoms with Crippen molar-refractivity contribution in [1.29, 1.82) is 0 Å². The van der Waals surface area contributed by atoms with Crippen LogP contribution in [0.15, 0.2) is 24.3 Å². The molecule has 0 radical (unpaired) electrons. The number of amides is 1. The highest BCUT2D eigenvalue weighted by atomic mass is 16.6. The lowest BCUT2D eigenvalue weighted by Gasteiger charge is -2.09. The summed E-state index contributed by atoms with van der Waals surface area (Å²) in [5, 5.41) is 13.1. The van der Waals surface area contributed by atoms with Gasteiger partial charge in [0.15, 0.2) is 0 Å². The molecule has 0 aromatic heterocycles. The average Bonchev–Trinajstić information content (AvgIpc) is 2.18. The van der Waals surface area contributed by atoms with Gasteiger partial charge in [-0.25, -0.2) is 0 Å². The quantitative estimate of drug-likeness (QED) is 0.450. The van der Waals surface area contributed by atoms with Gasteiger partial charge in [-0.2, -0.15) is 0 Å². The summed E-state index contributed by atoms with van der Waals surface area (Å²) in [6, 6.07) is 6.38. The van der Waals surface area contributed by atoms with Crippen molar-refractivity contribution in [2.24, 2.45) is 0 Å². The third-order valence-electron chi connectivity index (χ3n) is 2.02. The van der Waals surface area contributed by atoms with Gasteiger partial charge in [-0.15, -0.1) is 0 Å². The van der Waals surface area contributed by atoms with Crippen LogP contribution in [0.1, 0.15) is 12.5 Å². The average molecular weight is 208 g/mol. The molecule has 1 aromatic carbocycles. The Morgan fingerprint density at radius 2 is 2.33 bits per heavy atom. The summed E-state index contributed by atoms with van der Waals surface area (Å²) in [6.45, 7) is 1.84. The van der Waals surface area contributed by atoms with Crippen LogP contribution in [0.25, 0.3) is 0 Å². The first-order valence-electron chi connectivity index (χ1n) is 4.56. The summed E-state index contributed by atoms with van der Waals surface area (Å²) in [5.41, 5.74) is 0.914. The number of benzene rings is 1. The monoisotopic (exact) mass is 208 g/mol. The van der Waals surface area contributed by atoms with Crippen molar-refractivity contribution in [2.45, 2.75) is 19.4 Å². The molecular formula is C10H12N2O3. The van der Waals surface area contributed by atoms with Crippen LogP contribution in [0, 0.1) is 10.1 Å². The molecule has 0 heterocycles. The maximum Gasteiger partial charge on any atom is 0.269 e. The minimum Gasteiger partial charge on any atom is -0.356 e. The van der Waals surface area contributed by atoms with Gasteiger partial charge in [-0.3, -0.25) is 14.9 Å². The zero-order valence-corrected chi connectivity index (χ0v) is 8.34. The standard InChI is InChI=1S/C10H12N2O3/c1-8(11-7-13)5-9-3-2-4-10(6-9)12(14)15/h2-4,6-8H,5H2,1H3,(H,11,13). The van der Waals surface area contributed by atoms with E-state index in [9.17, 15) is 14.9 Å². The highest BCUT2D eigenvalue weighted by Gasteiger charge is 2.07. The Hall–Kier alpha value is -1.91. The molecule has 0 fully saturated rings. The lowest BCUT2D eigenvalue weighted by atomic mass is 10.1. The van der Waals surface area contributed by atoms with Crippen molar-refractivity contribution >= 4 is 12.1 Å². The van der Waals surface area contributed by atoms with Gasteiger partial charge in [-0.05, 0) is 18.9 Å². The molecule has 5 heteroatoms. The highest BCUT2D eigenvalue weighted by molar-refractivity contribution is 5.46. The van der Waals surface area contributed by atoms with Crippen LogP contribution in [-0.4, -0.2) is 17.4 Å². The second kappa shape index (κ2) is 5.09. The van der Waals surface area contributed by atoms with Crippen LogP contribution in [0.2, 0.25) is 0 Å². The lowest BCUT2D eigenvalue weighted by molar-refractivity contribution is -0.384. The number of nitro benzene ring substituents is 1. The van der Waals surface area contributed by atoms with Crippen molar-refractivity contribution in [2.75, 3.05) is 0 Å². The summed E-state index contributed by atoms with van der Waals surface area (Å²) in [4.78, 5) is 20.2. The molecule has 80 valence electrons. The van der Waals surface area contributed by atoms with Gasteiger partial charge in [0.25, 0.3) is 5.69 Å². The van der Waals surface area contributed by atoms with E-state index in [0.717, 1.165) is 5.56 Å². The van der Waals surface area contributed by atoms with E-state index >= 15 is 0 Å². The van der Waals surface area contributed by atoms with Crippen LogP contribution in [0.5, 0.6) is 0 Å². The molecule has 0 aliphatic heterocycles. The van der Waals surface area contributed by atoms with Gasteiger partial charge in [-0.1, -0.05) is 12.1 Å². The molecule has 1 aromatic rings. The van der Waals surface area contributed by atoms with Gasteiger partial charge in [0.05, 0.1) is 4.92 Å². The van der Waals surface area contributed by atoms with E-state index in [1.165, 1.54) is 12.1 Å². The number of non-ortho nitro benzene ring substituents is 1. The molecule has 15 heavy (non-hydrogen) atoms. The smallest absolute Gasteiger partial charge is 0.269 e. The molecule has 1 rings (SSSR count). The molecule has 1 amide bonds. The number of carbonyl (C=O) groups excluding carboxylic acids is 1. The number of hydrogen-bond acceptors (Lipinski definition) is 3. The second-order valence-electron chi connectivity index (χ2n) is 3.32. The molecule has 0 aliphatic rings. The van der Waals surface area contributed by atoms with Gasteiger partial charge in [0.2, 0.25) is 6.41 Å².